The van der Waals surface area contributed by atoms with Crippen LogP contribution in [0.3, 0.4) is 0 Å². The zero-order valence-corrected chi connectivity index (χ0v) is 11.6. The van der Waals surface area contributed by atoms with Crippen LogP contribution in [0.1, 0.15) is 21.0 Å². The van der Waals surface area contributed by atoms with Crippen LogP contribution in [0.4, 0.5) is 5.69 Å². The van der Waals surface area contributed by atoms with Gasteiger partial charge in [0.2, 0.25) is 0 Å². The molecule has 0 aliphatic carbocycles. The third kappa shape index (κ3) is 3.17. The molecule has 0 aliphatic rings. The summed E-state index contributed by atoms with van der Waals surface area (Å²) in [6.45, 7) is 0. The van der Waals surface area contributed by atoms with Crippen LogP contribution in [0.2, 0.25) is 0 Å². The van der Waals surface area contributed by atoms with Gasteiger partial charge in [-0.05, 0) is 35.4 Å². The predicted octanol–water partition coefficient (Wildman–Crippen LogP) is 1.90. The van der Waals surface area contributed by atoms with Crippen molar-refractivity contribution in [3.63, 3.8) is 0 Å². The minimum atomic E-state index is -0.627. The van der Waals surface area contributed by atoms with Crippen molar-refractivity contribution >= 4 is 17.6 Å². The second kappa shape index (κ2) is 6.04. The van der Waals surface area contributed by atoms with E-state index in [0.717, 1.165) is 5.56 Å². The number of esters is 2. The Bertz CT molecular complexity index is 646. The van der Waals surface area contributed by atoms with Crippen molar-refractivity contribution in [3.05, 3.63) is 47.8 Å². The Labute approximate surface area is 121 Å². The van der Waals surface area contributed by atoms with Gasteiger partial charge in [0.25, 0.3) is 0 Å². The number of hydrogen-bond acceptors (Lipinski definition) is 6. The first-order valence-corrected chi connectivity index (χ1v) is 6.09. The first-order chi connectivity index (χ1) is 10.0. The van der Waals surface area contributed by atoms with Crippen molar-refractivity contribution in [2.75, 3.05) is 20.0 Å². The standard InChI is InChI=1S/C15H14N2O4/c1-20-14(18)12-7-10(8-13(17-12)15(19)21-2)9-3-5-11(16)6-4-9/h3-8H,16H2,1-2H3. The molecule has 1 heterocycles. The number of carbonyl (C=O) groups is 2. The van der Waals surface area contributed by atoms with Gasteiger partial charge in [-0.3, -0.25) is 0 Å². The average Bonchev–Trinajstić information content (AvgIpc) is 2.53. The third-order valence-corrected chi connectivity index (χ3v) is 2.86. The summed E-state index contributed by atoms with van der Waals surface area (Å²) in [6, 6.07) is 10.1. The molecule has 0 amide bonds. The van der Waals surface area contributed by atoms with E-state index in [-0.39, 0.29) is 11.4 Å². The van der Waals surface area contributed by atoms with E-state index < -0.39 is 11.9 Å². The molecule has 0 radical (unpaired) electrons. The van der Waals surface area contributed by atoms with Gasteiger partial charge in [0, 0.05) is 5.69 Å². The van der Waals surface area contributed by atoms with Gasteiger partial charge in [-0.1, -0.05) is 12.1 Å². The molecule has 0 unspecified atom stereocenters. The summed E-state index contributed by atoms with van der Waals surface area (Å²) >= 11 is 0. The van der Waals surface area contributed by atoms with E-state index in [1.54, 1.807) is 36.4 Å². The largest absolute Gasteiger partial charge is 0.464 e. The van der Waals surface area contributed by atoms with Crippen molar-refractivity contribution in [2.24, 2.45) is 0 Å². The molecule has 6 heteroatoms. The normalized spacial score (nSPS) is 10.0. The molecule has 0 saturated carbocycles. The summed E-state index contributed by atoms with van der Waals surface area (Å²) in [5, 5.41) is 0. The van der Waals surface area contributed by atoms with Crippen LogP contribution in [-0.2, 0) is 9.47 Å². The molecule has 1 aromatic heterocycles. The number of nitrogens with two attached hydrogens (primary N) is 1. The fourth-order valence-electron chi connectivity index (χ4n) is 1.79. The number of nitrogen functional groups attached to an aromatic ring is 1. The van der Waals surface area contributed by atoms with E-state index in [2.05, 4.69) is 14.5 Å². The minimum absolute atomic E-state index is 0.0345. The van der Waals surface area contributed by atoms with Gasteiger partial charge in [0.15, 0.2) is 0 Å². The number of rotatable bonds is 3. The van der Waals surface area contributed by atoms with Crippen molar-refractivity contribution < 1.29 is 19.1 Å². The predicted molar refractivity (Wildman–Crippen MR) is 76.8 cm³/mol. The number of pyridine rings is 1. The van der Waals surface area contributed by atoms with Gasteiger partial charge in [-0.15, -0.1) is 0 Å². The lowest BCUT2D eigenvalue weighted by molar-refractivity contribution is 0.0586. The zero-order valence-electron chi connectivity index (χ0n) is 11.6. The lowest BCUT2D eigenvalue weighted by Crippen LogP contribution is -2.11. The number of methoxy groups -OCH3 is 2. The lowest BCUT2D eigenvalue weighted by Gasteiger charge is -2.07. The van der Waals surface area contributed by atoms with E-state index in [1.165, 1.54) is 14.2 Å². The number of hydrogen-bond donors (Lipinski definition) is 1. The first-order valence-electron chi connectivity index (χ1n) is 6.09. The Kier molecular flexibility index (Phi) is 4.18. The minimum Gasteiger partial charge on any atom is -0.464 e. The molecule has 0 spiro atoms. The number of ether oxygens (including phenoxy) is 2. The van der Waals surface area contributed by atoms with Crippen molar-refractivity contribution in [1.82, 2.24) is 4.98 Å². The summed E-state index contributed by atoms with van der Waals surface area (Å²) in [7, 11) is 2.50. The van der Waals surface area contributed by atoms with Crippen LogP contribution >= 0.6 is 0 Å². The highest BCUT2D eigenvalue weighted by Gasteiger charge is 2.16. The monoisotopic (exact) mass is 286 g/mol. The molecule has 0 aliphatic heterocycles. The maximum atomic E-state index is 11.7. The number of aromatic nitrogens is 1. The van der Waals surface area contributed by atoms with Crippen LogP contribution in [0.25, 0.3) is 11.1 Å². The van der Waals surface area contributed by atoms with Crippen molar-refractivity contribution in [1.29, 1.82) is 0 Å². The third-order valence-electron chi connectivity index (χ3n) is 2.86. The summed E-state index contributed by atoms with van der Waals surface area (Å²) < 4.78 is 9.28. The fraction of sp³-hybridized carbons (Fsp3) is 0.133. The van der Waals surface area contributed by atoms with Gasteiger partial charge in [0.05, 0.1) is 14.2 Å². The molecule has 0 saturated heterocycles. The van der Waals surface area contributed by atoms with Crippen molar-refractivity contribution in [3.8, 4) is 11.1 Å². The van der Waals surface area contributed by atoms with E-state index in [0.29, 0.717) is 11.3 Å². The van der Waals surface area contributed by atoms with Gasteiger partial charge >= 0.3 is 11.9 Å². The summed E-state index contributed by atoms with van der Waals surface area (Å²) in [6.07, 6.45) is 0. The van der Waals surface area contributed by atoms with Crippen LogP contribution in [-0.4, -0.2) is 31.1 Å². The Morgan fingerprint density at radius 1 is 0.905 bits per heavy atom. The highest BCUT2D eigenvalue weighted by Crippen LogP contribution is 2.22. The molecule has 0 bridgehead atoms. The van der Waals surface area contributed by atoms with E-state index in [1.807, 2.05) is 0 Å². The Balaban J connectivity index is 2.56. The van der Waals surface area contributed by atoms with Gasteiger partial charge in [0.1, 0.15) is 11.4 Å². The first kappa shape index (κ1) is 14.5. The summed E-state index contributed by atoms with van der Waals surface area (Å²) in [4.78, 5) is 27.3. The topological polar surface area (TPSA) is 91.5 Å². The van der Waals surface area contributed by atoms with Gasteiger partial charge < -0.3 is 15.2 Å². The summed E-state index contributed by atoms with van der Waals surface area (Å²) in [5.74, 6) is -1.25. The Morgan fingerprint density at radius 2 is 1.38 bits per heavy atom. The van der Waals surface area contributed by atoms with E-state index >= 15 is 0 Å². The van der Waals surface area contributed by atoms with Gasteiger partial charge in [-0.25, -0.2) is 14.6 Å². The second-order valence-corrected chi connectivity index (χ2v) is 4.23. The van der Waals surface area contributed by atoms with E-state index in [9.17, 15) is 9.59 Å². The zero-order chi connectivity index (χ0) is 15.4. The number of carbonyl (C=O) groups excluding carboxylic acids is 2. The maximum Gasteiger partial charge on any atom is 0.356 e. The van der Waals surface area contributed by atoms with Crippen LogP contribution in [0, 0.1) is 0 Å². The molecule has 21 heavy (non-hydrogen) atoms. The molecule has 2 aromatic rings. The van der Waals surface area contributed by atoms with Gasteiger partial charge in [-0.2, -0.15) is 0 Å². The molecule has 6 nitrogen and oxygen atoms in total. The van der Waals surface area contributed by atoms with E-state index in [4.69, 9.17) is 5.73 Å². The molecule has 1 aromatic carbocycles. The molecule has 2 N–H and O–H groups in total. The molecule has 108 valence electrons. The quantitative estimate of drug-likeness (QED) is 0.684. The molecular formula is C15H14N2O4. The lowest BCUT2D eigenvalue weighted by atomic mass is 10.0. The smallest absolute Gasteiger partial charge is 0.356 e. The maximum absolute atomic E-state index is 11.7. The Hall–Kier alpha value is -2.89. The fourth-order valence-corrected chi connectivity index (χ4v) is 1.79. The molecular weight excluding hydrogens is 272 g/mol. The van der Waals surface area contributed by atoms with Crippen LogP contribution < -0.4 is 5.73 Å². The van der Waals surface area contributed by atoms with Crippen LogP contribution in [0.15, 0.2) is 36.4 Å². The highest BCUT2D eigenvalue weighted by atomic mass is 16.5. The number of nitrogens with zero attached hydrogens (tertiary/aromatic N) is 1. The molecule has 0 fully saturated rings. The number of anilines is 1. The SMILES string of the molecule is COC(=O)c1cc(-c2ccc(N)cc2)cc(C(=O)OC)n1. The number of benzene rings is 1. The molecule has 2 rings (SSSR count). The molecule has 0 atom stereocenters. The highest BCUT2D eigenvalue weighted by molar-refractivity contribution is 5.94. The Morgan fingerprint density at radius 3 is 1.81 bits per heavy atom. The van der Waals surface area contributed by atoms with Crippen LogP contribution in [0.5, 0.6) is 0 Å². The van der Waals surface area contributed by atoms with Crippen molar-refractivity contribution in [2.45, 2.75) is 0 Å². The average molecular weight is 286 g/mol. The second-order valence-electron chi connectivity index (χ2n) is 4.23. The summed E-state index contributed by atoms with van der Waals surface area (Å²) in [5.41, 5.74) is 7.77.